The van der Waals surface area contributed by atoms with Gasteiger partial charge in [0.2, 0.25) is 0 Å². The summed E-state index contributed by atoms with van der Waals surface area (Å²) in [5.74, 6) is 0. The van der Waals surface area contributed by atoms with E-state index >= 15 is 0 Å². The fraction of sp³-hybridized carbons (Fsp3) is 0.786. The third-order valence-corrected chi connectivity index (χ3v) is 5.19. The van der Waals surface area contributed by atoms with Gasteiger partial charge in [-0.3, -0.25) is 4.90 Å². The average molecular weight is 267 g/mol. The van der Waals surface area contributed by atoms with Gasteiger partial charge in [-0.05, 0) is 34.1 Å². The Balaban J connectivity index is 2.20. The molecule has 1 aliphatic heterocycles. The van der Waals surface area contributed by atoms with Gasteiger partial charge in [0.1, 0.15) is 0 Å². The van der Waals surface area contributed by atoms with Crippen molar-refractivity contribution in [2.75, 3.05) is 13.1 Å². The van der Waals surface area contributed by atoms with E-state index in [1.165, 1.54) is 22.0 Å². The van der Waals surface area contributed by atoms with Crippen molar-refractivity contribution in [3.05, 3.63) is 15.6 Å². The highest BCUT2D eigenvalue weighted by Crippen LogP contribution is 2.31. The number of nitrogens with one attached hydrogen (secondary N) is 1. The summed E-state index contributed by atoms with van der Waals surface area (Å²) in [7, 11) is 0. The van der Waals surface area contributed by atoms with Crippen molar-refractivity contribution < 1.29 is 0 Å². The number of hydrogen-bond donors (Lipinski definition) is 1. The maximum absolute atomic E-state index is 4.57. The minimum atomic E-state index is 0.491. The van der Waals surface area contributed by atoms with Crippen LogP contribution in [0.3, 0.4) is 0 Å². The van der Waals surface area contributed by atoms with Gasteiger partial charge in [-0.25, -0.2) is 4.98 Å². The van der Waals surface area contributed by atoms with E-state index in [9.17, 15) is 0 Å². The smallest absolute Gasteiger partial charge is 0.0900 e. The SMILES string of the molecule is CCC1CNC(C)CN1C(C)c1sc(C)nc1C. The van der Waals surface area contributed by atoms with E-state index in [1.807, 2.05) is 11.3 Å². The second-order valence-corrected chi connectivity index (χ2v) is 6.66. The lowest BCUT2D eigenvalue weighted by Crippen LogP contribution is -2.55. The van der Waals surface area contributed by atoms with Gasteiger partial charge in [0.15, 0.2) is 0 Å². The molecule has 0 saturated carbocycles. The number of nitrogens with zero attached hydrogens (tertiary/aromatic N) is 2. The lowest BCUT2D eigenvalue weighted by molar-refractivity contribution is 0.0917. The quantitative estimate of drug-likeness (QED) is 0.913. The second-order valence-electron chi connectivity index (χ2n) is 5.43. The first-order valence-corrected chi connectivity index (χ1v) is 7.77. The zero-order valence-electron chi connectivity index (χ0n) is 12.2. The van der Waals surface area contributed by atoms with Crippen LogP contribution in [0.1, 0.15) is 48.8 Å². The highest BCUT2D eigenvalue weighted by molar-refractivity contribution is 7.11. The molecule has 1 aliphatic rings. The Morgan fingerprint density at radius 1 is 1.50 bits per heavy atom. The number of aromatic nitrogens is 1. The zero-order valence-corrected chi connectivity index (χ0v) is 13.0. The molecule has 0 aromatic carbocycles. The summed E-state index contributed by atoms with van der Waals surface area (Å²) in [6.45, 7) is 13.4. The standard InChI is InChI=1S/C14H25N3S/c1-6-13-7-15-9(2)8-17(13)11(4)14-10(3)16-12(5)18-14/h9,11,13,15H,6-8H2,1-5H3. The molecule has 1 fully saturated rings. The van der Waals surface area contributed by atoms with Gasteiger partial charge >= 0.3 is 0 Å². The van der Waals surface area contributed by atoms with Crippen molar-refractivity contribution >= 4 is 11.3 Å². The van der Waals surface area contributed by atoms with Crippen LogP contribution in [0.5, 0.6) is 0 Å². The molecule has 0 bridgehead atoms. The van der Waals surface area contributed by atoms with E-state index < -0.39 is 0 Å². The van der Waals surface area contributed by atoms with Gasteiger partial charge < -0.3 is 5.32 Å². The van der Waals surface area contributed by atoms with Gasteiger partial charge in [0.25, 0.3) is 0 Å². The maximum Gasteiger partial charge on any atom is 0.0900 e. The summed E-state index contributed by atoms with van der Waals surface area (Å²) in [6.07, 6.45) is 1.21. The Labute approximate surface area is 115 Å². The molecule has 3 unspecified atom stereocenters. The fourth-order valence-corrected chi connectivity index (χ4v) is 3.92. The summed E-state index contributed by atoms with van der Waals surface area (Å²) >= 11 is 1.86. The minimum Gasteiger partial charge on any atom is -0.311 e. The van der Waals surface area contributed by atoms with Crippen LogP contribution in [0.15, 0.2) is 0 Å². The van der Waals surface area contributed by atoms with Crippen LogP contribution >= 0.6 is 11.3 Å². The Hall–Kier alpha value is -0.450. The van der Waals surface area contributed by atoms with Crippen LogP contribution in [0, 0.1) is 13.8 Å². The van der Waals surface area contributed by atoms with Gasteiger partial charge in [0, 0.05) is 36.1 Å². The molecule has 3 atom stereocenters. The molecule has 0 radical (unpaired) electrons. The Kier molecular flexibility index (Phi) is 4.41. The lowest BCUT2D eigenvalue weighted by Gasteiger charge is -2.42. The van der Waals surface area contributed by atoms with Crippen molar-refractivity contribution in [1.29, 1.82) is 0 Å². The van der Waals surface area contributed by atoms with E-state index in [-0.39, 0.29) is 0 Å². The number of hydrogen-bond acceptors (Lipinski definition) is 4. The molecule has 1 aromatic heterocycles. The normalized spacial score (nSPS) is 27.4. The second kappa shape index (κ2) is 5.68. The third kappa shape index (κ3) is 2.76. The molecule has 1 saturated heterocycles. The lowest BCUT2D eigenvalue weighted by atomic mass is 10.0. The Bertz CT molecular complexity index is 402. The largest absolute Gasteiger partial charge is 0.311 e. The minimum absolute atomic E-state index is 0.491. The highest BCUT2D eigenvalue weighted by Gasteiger charge is 2.30. The molecule has 4 heteroatoms. The Morgan fingerprint density at radius 3 is 2.78 bits per heavy atom. The monoisotopic (exact) mass is 267 g/mol. The topological polar surface area (TPSA) is 28.2 Å². The molecule has 1 N–H and O–H groups in total. The number of piperazine rings is 1. The fourth-order valence-electron chi connectivity index (χ4n) is 2.92. The molecule has 2 heterocycles. The van der Waals surface area contributed by atoms with Crippen molar-refractivity contribution in [3.8, 4) is 0 Å². The highest BCUT2D eigenvalue weighted by atomic mass is 32.1. The van der Waals surface area contributed by atoms with Crippen molar-refractivity contribution in [2.24, 2.45) is 0 Å². The summed E-state index contributed by atoms with van der Waals surface area (Å²) in [4.78, 5) is 8.67. The van der Waals surface area contributed by atoms with E-state index in [0.29, 0.717) is 18.1 Å². The first-order valence-electron chi connectivity index (χ1n) is 6.96. The molecular weight excluding hydrogens is 242 g/mol. The van der Waals surface area contributed by atoms with E-state index in [0.717, 1.165) is 13.1 Å². The average Bonchev–Trinajstić information content (AvgIpc) is 2.67. The molecule has 3 nitrogen and oxygen atoms in total. The van der Waals surface area contributed by atoms with Crippen LogP contribution in [0.25, 0.3) is 0 Å². The molecule has 2 rings (SSSR count). The predicted octanol–water partition coefficient (Wildman–Crippen LogP) is 2.89. The first kappa shape index (κ1) is 14.0. The van der Waals surface area contributed by atoms with E-state index in [2.05, 4.69) is 49.8 Å². The zero-order chi connectivity index (χ0) is 13.3. The first-order chi connectivity index (χ1) is 8.52. The van der Waals surface area contributed by atoms with E-state index in [4.69, 9.17) is 0 Å². The molecule has 1 aromatic rings. The van der Waals surface area contributed by atoms with Crippen LogP contribution in [-0.4, -0.2) is 35.1 Å². The molecule has 102 valence electrons. The number of aryl methyl sites for hydroxylation is 2. The summed E-state index contributed by atoms with van der Waals surface area (Å²) in [6, 6.07) is 1.73. The number of rotatable bonds is 3. The van der Waals surface area contributed by atoms with Crippen molar-refractivity contribution in [3.63, 3.8) is 0 Å². The summed E-state index contributed by atoms with van der Waals surface area (Å²) in [5.41, 5.74) is 1.21. The van der Waals surface area contributed by atoms with Gasteiger partial charge in [0.05, 0.1) is 10.7 Å². The molecular formula is C14H25N3S. The molecule has 18 heavy (non-hydrogen) atoms. The van der Waals surface area contributed by atoms with Crippen LogP contribution < -0.4 is 5.32 Å². The molecule has 0 amide bonds. The van der Waals surface area contributed by atoms with Crippen LogP contribution in [-0.2, 0) is 0 Å². The van der Waals surface area contributed by atoms with Gasteiger partial charge in [-0.2, -0.15) is 0 Å². The maximum atomic E-state index is 4.57. The molecule has 0 spiro atoms. The molecule has 0 aliphatic carbocycles. The Morgan fingerprint density at radius 2 is 2.22 bits per heavy atom. The third-order valence-electron chi connectivity index (χ3n) is 3.94. The number of thiazole rings is 1. The summed E-state index contributed by atoms with van der Waals surface area (Å²) in [5, 5.41) is 4.77. The van der Waals surface area contributed by atoms with Crippen molar-refractivity contribution in [2.45, 2.75) is 59.2 Å². The summed E-state index contributed by atoms with van der Waals surface area (Å²) < 4.78 is 0. The van der Waals surface area contributed by atoms with Crippen LogP contribution in [0.4, 0.5) is 0 Å². The van der Waals surface area contributed by atoms with Gasteiger partial charge in [-0.1, -0.05) is 6.92 Å². The predicted molar refractivity (Wildman–Crippen MR) is 78.3 cm³/mol. The van der Waals surface area contributed by atoms with Gasteiger partial charge in [-0.15, -0.1) is 11.3 Å². The van der Waals surface area contributed by atoms with Crippen molar-refractivity contribution in [1.82, 2.24) is 15.2 Å². The van der Waals surface area contributed by atoms with E-state index in [1.54, 1.807) is 0 Å². The van der Waals surface area contributed by atoms with Crippen LogP contribution in [0.2, 0.25) is 0 Å².